The Kier molecular flexibility index (Phi) is 15.4. The molecule has 0 aliphatic heterocycles. The predicted molar refractivity (Wildman–Crippen MR) is 81.5 cm³/mol. The normalized spacial score (nSPS) is 10.6. The molecule has 0 amide bonds. The maximum atomic E-state index is 3.71. The summed E-state index contributed by atoms with van der Waals surface area (Å²) >= 11 is 3.38. The van der Waals surface area contributed by atoms with E-state index in [-0.39, 0.29) is 0 Å². The highest BCUT2D eigenvalue weighted by atomic mass is 79.9. The lowest BCUT2D eigenvalue weighted by molar-refractivity contribution is 0.592. The zero-order valence-corrected chi connectivity index (χ0v) is 13.4. The molecule has 0 N–H and O–H groups in total. The molecule has 0 saturated heterocycles. The Hall–Kier alpha value is 0.220. The Morgan fingerprint density at radius 2 is 1.31 bits per heavy atom. The minimum Gasteiger partial charge on any atom is -0.103 e. The van der Waals surface area contributed by atoms with Gasteiger partial charge in [-0.05, 0) is 12.8 Å². The van der Waals surface area contributed by atoms with Crippen molar-refractivity contribution < 1.29 is 0 Å². The first-order valence-corrected chi connectivity index (χ1v) is 7.51. The average molecular weight is 291 g/mol. The molecule has 0 atom stereocenters. The largest absolute Gasteiger partial charge is 0.103 e. The summed E-state index contributed by atoms with van der Waals surface area (Å²) in [6, 6.07) is 0. The number of hydrogen-bond donors (Lipinski definition) is 0. The molecule has 0 saturated carbocycles. The third-order valence-electron chi connectivity index (χ3n) is 2.01. The van der Waals surface area contributed by atoms with Crippen molar-refractivity contribution in [2.75, 3.05) is 0 Å². The van der Waals surface area contributed by atoms with Gasteiger partial charge in [-0.2, -0.15) is 0 Å². The Balaban J connectivity index is 0. The van der Waals surface area contributed by atoms with E-state index >= 15 is 0 Å². The van der Waals surface area contributed by atoms with Gasteiger partial charge in [-0.3, -0.25) is 0 Å². The lowest BCUT2D eigenvalue weighted by Crippen LogP contribution is -1.97. The number of alkyl halides is 1. The third kappa shape index (κ3) is 36.8. The first-order chi connectivity index (χ1) is 7.41. The second-order valence-electron chi connectivity index (χ2n) is 5.27. The van der Waals surface area contributed by atoms with Crippen LogP contribution >= 0.6 is 15.9 Å². The van der Waals surface area contributed by atoms with Gasteiger partial charge in [0.2, 0.25) is 0 Å². The van der Waals surface area contributed by atoms with Gasteiger partial charge >= 0.3 is 0 Å². The lowest BCUT2D eigenvalue weighted by atomic mass is 10.1. The van der Waals surface area contributed by atoms with Crippen LogP contribution in [0.25, 0.3) is 0 Å². The molecule has 0 radical (unpaired) electrons. The van der Waals surface area contributed by atoms with Gasteiger partial charge in [-0.1, -0.05) is 88.2 Å². The first-order valence-electron chi connectivity index (χ1n) is 6.71. The molecule has 0 aromatic rings. The Morgan fingerprint density at radius 3 is 1.69 bits per heavy atom. The van der Waals surface area contributed by atoms with Gasteiger partial charge in [0.1, 0.15) is 0 Å². The zero-order chi connectivity index (χ0) is 12.9. The van der Waals surface area contributed by atoms with Crippen molar-refractivity contribution in [2.45, 2.75) is 83.4 Å². The molecule has 16 heavy (non-hydrogen) atoms. The smallest absolute Gasteiger partial charge is 0.0173 e. The van der Waals surface area contributed by atoms with E-state index in [4.69, 9.17) is 0 Å². The second kappa shape index (κ2) is 13.3. The summed E-state index contributed by atoms with van der Waals surface area (Å²) in [5.74, 6) is 0. The van der Waals surface area contributed by atoms with E-state index in [0.29, 0.717) is 4.32 Å². The molecule has 0 nitrogen and oxygen atoms in total. The van der Waals surface area contributed by atoms with E-state index in [1.54, 1.807) is 0 Å². The molecule has 0 aliphatic carbocycles. The molecule has 0 unspecified atom stereocenters. The van der Waals surface area contributed by atoms with Crippen molar-refractivity contribution in [3.8, 4) is 0 Å². The number of halogens is 1. The van der Waals surface area contributed by atoms with Crippen LogP contribution in [-0.2, 0) is 0 Å². The number of unbranched alkanes of at least 4 members (excludes halogenated alkanes) is 7. The van der Waals surface area contributed by atoms with Crippen molar-refractivity contribution in [3.05, 3.63) is 12.7 Å². The molecule has 0 aromatic heterocycles. The molecule has 0 heterocycles. The minimum atomic E-state index is 0.312. The number of rotatable bonds is 8. The fourth-order valence-corrected chi connectivity index (χ4v) is 1.25. The van der Waals surface area contributed by atoms with Gasteiger partial charge in [0.15, 0.2) is 0 Å². The van der Waals surface area contributed by atoms with E-state index < -0.39 is 0 Å². The van der Waals surface area contributed by atoms with Gasteiger partial charge in [-0.25, -0.2) is 0 Å². The lowest BCUT2D eigenvalue weighted by Gasteiger charge is -2.02. The molecule has 0 spiro atoms. The Bertz CT molecular complexity index is 127. The second-order valence-corrected chi connectivity index (χ2v) is 7.64. The quantitative estimate of drug-likeness (QED) is 0.272. The van der Waals surface area contributed by atoms with Gasteiger partial charge in [0, 0.05) is 4.32 Å². The van der Waals surface area contributed by atoms with Gasteiger partial charge in [0.05, 0.1) is 0 Å². The summed E-state index contributed by atoms with van der Waals surface area (Å²) in [6.45, 7) is 12.3. The van der Waals surface area contributed by atoms with Crippen molar-refractivity contribution in [3.63, 3.8) is 0 Å². The molecule has 0 bridgehead atoms. The van der Waals surface area contributed by atoms with Crippen molar-refractivity contribution in [1.82, 2.24) is 0 Å². The average Bonchev–Trinajstić information content (AvgIpc) is 2.14. The van der Waals surface area contributed by atoms with Crippen LogP contribution in [0, 0.1) is 0 Å². The van der Waals surface area contributed by atoms with Crippen LogP contribution in [0.5, 0.6) is 0 Å². The maximum Gasteiger partial charge on any atom is 0.0173 e. The van der Waals surface area contributed by atoms with Crippen molar-refractivity contribution in [2.24, 2.45) is 0 Å². The summed E-state index contributed by atoms with van der Waals surface area (Å²) in [7, 11) is 0. The maximum absolute atomic E-state index is 3.71. The summed E-state index contributed by atoms with van der Waals surface area (Å²) in [4.78, 5) is 0. The first kappa shape index (κ1) is 18.6. The van der Waals surface area contributed by atoms with E-state index in [1.807, 2.05) is 6.08 Å². The van der Waals surface area contributed by atoms with Crippen LogP contribution in [0.4, 0.5) is 0 Å². The monoisotopic (exact) mass is 290 g/mol. The molecule has 0 aromatic carbocycles. The number of hydrogen-bond acceptors (Lipinski definition) is 0. The molecule has 0 fully saturated rings. The highest BCUT2D eigenvalue weighted by Gasteiger charge is 1.98. The van der Waals surface area contributed by atoms with Crippen molar-refractivity contribution in [1.29, 1.82) is 0 Å². The minimum absolute atomic E-state index is 0.312. The van der Waals surface area contributed by atoms with E-state index in [2.05, 4.69) is 50.2 Å². The highest BCUT2D eigenvalue weighted by molar-refractivity contribution is 9.10. The van der Waals surface area contributed by atoms with E-state index in [1.165, 1.54) is 51.4 Å². The van der Waals surface area contributed by atoms with Crippen molar-refractivity contribution >= 4 is 15.9 Å². The molecule has 0 rings (SSSR count). The Labute approximate surface area is 112 Å². The van der Waals surface area contributed by atoms with E-state index in [9.17, 15) is 0 Å². The van der Waals surface area contributed by atoms with Crippen LogP contribution in [0.1, 0.15) is 79.1 Å². The van der Waals surface area contributed by atoms with Crippen LogP contribution in [0.15, 0.2) is 12.7 Å². The van der Waals surface area contributed by atoms with Gasteiger partial charge < -0.3 is 0 Å². The van der Waals surface area contributed by atoms with Crippen LogP contribution in [-0.4, -0.2) is 4.32 Å². The van der Waals surface area contributed by atoms with Gasteiger partial charge in [0.25, 0.3) is 0 Å². The molecule has 1 heteroatoms. The van der Waals surface area contributed by atoms with Crippen LogP contribution in [0.3, 0.4) is 0 Å². The summed E-state index contributed by atoms with van der Waals surface area (Å²) < 4.78 is 0.312. The molecular weight excluding hydrogens is 260 g/mol. The summed E-state index contributed by atoms with van der Waals surface area (Å²) in [5, 5.41) is 0. The van der Waals surface area contributed by atoms with Crippen LogP contribution in [0.2, 0.25) is 0 Å². The fraction of sp³-hybridized carbons (Fsp3) is 0.867. The Morgan fingerprint density at radius 1 is 0.938 bits per heavy atom. The fourth-order valence-electron chi connectivity index (χ4n) is 1.25. The van der Waals surface area contributed by atoms with Gasteiger partial charge in [-0.15, -0.1) is 6.58 Å². The summed E-state index contributed by atoms with van der Waals surface area (Å²) in [6.07, 6.45) is 13.0. The summed E-state index contributed by atoms with van der Waals surface area (Å²) in [5.41, 5.74) is 0. The SMILES string of the molecule is C=CCCCCCCCCC.CC(C)(C)Br. The highest BCUT2D eigenvalue weighted by Crippen LogP contribution is 2.11. The standard InChI is InChI=1S/C11H22.C4H9Br/c1-3-5-7-9-11-10-8-6-4-2;1-4(2,3)5/h3H,1,4-11H2,2H3;1-3H3. The third-order valence-corrected chi connectivity index (χ3v) is 2.01. The molecule has 98 valence electrons. The van der Waals surface area contributed by atoms with Crippen LogP contribution < -0.4 is 0 Å². The number of allylic oxidation sites excluding steroid dienone is 1. The van der Waals surface area contributed by atoms with E-state index in [0.717, 1.165) is 0 Å². The molecule has 0 aliphatic rings. The topological polar surface area (TPSA) is 0 Å². The zero-order valence-electron chi connectivity index (χ0n) is 11.8. The molecular formula is C15H31Br. The predicted octanol–water partition coefficient (Wildman–Crippen LogP) is 6.49.